The van der Waals surface area contributed by atoms with Gasteiger partial charge in [0.25, 0.3) is 0 Å². The van der Waals surface area contributed by atoms with Crippen molar-refractivity contribution in [1.82, 2.24) is 0 Å². The van der Waals surface area contributed by atoms with Crippen LogP contribution in [0.5, 0.6) is 0 Å². The van der Waals surface area contributed by atoms with E-state index in [1.54, 1.807) is 13.8 Å². The van der Waals surface area contributed by atoms with Gasteiger partial charge in [-0.05, 0) is 31.9 Å². The van der Waals surface area contributed by atoms with E-state index in [0.29, 0.717) is 13.2 Å². The number of phosphoric acid groups is 1. The quantitative estimate of drug-likeness (QED) is 0.668. The maximum Gasteiger partial charge on any atom is 0.475 e. The first-order chi connectivity index (χ1) is 9.11. The summed E-state index contributed by atoms with van der Waals surface area (Å²) in [7, 11) is -3.41. The van der Waals surface area contributed by atoms with E-state index in [1.165, 1.54) is 0 Å². The molecule has 0 saturated carbocycles. The van der Waals surface area contributed by atoms with Crippen molar-refractivity contribution in [2.45, 2.75) is 20.8 Å². The van der Waals surface area contributed by atoms with Gasteiger partial charge in [0.2, 0.25) is 0 Å². The van der Waals surface area contributed by atoms with Crippen molar-refractivity contribution in [2.24, 2.45) is 0 Å². The van der Waals surface area contributed by atoms with Crippen LogP contribution in [0, 0.1) is 0 Å². The Morgan fingerprint density at radius 2 is 1.68 bits per heavy atom. The molecule has 0 aliphatic rings. The highest BCUT2D eigenvalue weighted by Crippen LogP contribution is 2.49. The second kappa shape index (κ2) is 8.28. The summed E-state index contributed by atoms with van der Waals surface area (Å²) in [5.74, 6) is 0. The maximum atomic E-state index is 12.0. The molecule has 0 saturated heterocycles. The summed E-state index contributed by atoms with van der Waals surface area (Å²) in [6.45, 7) is 6.25. The van der Waals surface area contributed by atoms with E-state index in [1.807, 2.05) is 43.3 Å². The summed E-state index contributed by atoms with van der Waals surface area (Å²) >= 11 is 0. The van der Waals surface area contributed by atoms with Gasteiger partial charge in [0, 0.05) is 0 Å². The van der Waals surface area contributed by atoms with Crippen LogP contribution in [0.4, 0.5) is 0 Å². The molecule has 1 aromatic carbocycles. The zero-order valence-corrected chi connectivity index (χ0v) is 12.6. The van der Waals surface area contributed by atoms with Crippen molar-refractivity contribution < 1.29 is 18.1 Å². The summed E-state index contributed by atoms with van der Waals surface area (Å²) in [5.41, 5.74) is 2.16. The van der Waals surface area contributed by atoms with Crippen molar-refractivity contribution in [3.8, 4) is 0 Å². The van der Waals surface area contributed by atoms with E-state index in [4.69, 9.17) is 13.6 Å². The first-order valence-electron chi connectivity index (χ1n) is 6.37. The van der Waals surface area contributed by atoms with E-state index in [-0.39, 0.29) is 6.61 Å². The predicted octanol–water partition coefficient (Wildman–Crippen LogP) is 4.29. The minimum absolute atomic E-state index is 0.192. The molecular formula is C14H21O4P. The third-order valence-corrected chi connectivity index (χ3v) is 4.04. The van der Waals surface area contributed by atoms with Crippen LogP contribution in [0.2, 0.25) is 0 Å². The second-order valence-electron chi connectivity index (χ2n) is 3.83. The standard InChI is InChI=1S/C14H21O4P/c1-4-16-19(15,17-5-2)18-12-11-13(3)14-9-7-6-8-10-14/h6-11H,4-5,12H2,1-3H3/b13-11-. The third-order valence-electron chi connectivity index (χ3n) is 2.43. The second-order valence-corrected chi connectivity index (χ2v) is 5.50. The van der Waals surface area contributed by atoms with Gasteiger partial charge in [-0.15, -0.1) is 0 Å². The average Bonchev–Trinajstić information content (AvgIpc) is 2.40. The number of benzene rings is 1. The molecule has 0 bridgehead atoms. The molecule has 0 aliphatic carbocycles. The molecule has 0 aromatic heterocycles. The lowest BCUT2D eigenvalue weighted by Crippen LogP contribution is -2.00. The van der Waals surface area contributed by atoms with Gasteiger partial charge in [0.1, 0.15) is 0 Å². The monoisotopic (exact) mass is 284 g/mol. The lowest BCUT2D eigenvalue weighted by Gasteiger charge is -2.15. The van der Waals surface area contributed by atoms with E-state index in [0.717, 1.165) is 11.1 Å². The number of rotatable bonds is 8. The minimum Gasteiger partial charge on any atom is -0.287 e. The van der Waals surface area contributed by atoms with Crippen LogP contribution in [-0.2, 0) is 18.1 Å². The van der Waals surface area contributed by atoms with Crippen LogP contribution >= 0.6 is 7.82 Å². The van der Waals surface area contributed by atoms with Crippen molar-refractivity contribution in [3.63, 3.8) is 0 Å². The Morgan fingerprint density at radius 3 is 2.21 bits per heavy atom. The molecule has 19 heavy (non-hydrogen) atoms. The van der Waals surface area contributed by atoms with E-state index < -0.39 is 7.82 Å². The van der Waals surface area contributed by atoms with Crippen LogP contribution in [0.25, 0.3) is 5.57 Å². The van der Waals surface area contributed by atoms with E-state index >= 15 is 0 Å². The Labute approximate surface area is 115 Å². The highest BCUT2D eigenvalue weighted by molar-refractivity contribution is 7.48. The SMILES string of the molecule is CCOP(=O)(OCC)OC/C=C(/C)c1ccccc1. The van der Waals surface area contributed by atoms with Crippen molar-refractivity contribution in [2.75, 3.05) is 19.8 Å². The maximum absolute atomic E-state index is 12.0. The van der Waals surface area contributed by atoms with Gasteiger partial charge in [-0.3, -0.25) is 13.6 Å². The normalized spacial score (nSPS) is 12.7. The molecule has 0 radical (unpaired) electrons. The molecular weight excluding hydrogens is 263 g/mol. The molecule has 0 atom stereocenters. The smallest absolute Gasteiger partial charge is 0.287 e. The lowest BCUT2D eigenvalue weighted by molar-refractivity contribution is 0.131. The fourth-order valence-electron chi connectivity index (χ4n) is 1.50. The minimum atomic E-state index is -3.41. The highest BCUT2D eigenvalue weighted by Gasteiger charge is 2.24. The third kappa shape index (κ3) is 5.70. The number of allylic oxidation sites excluding steroid dienone is 1. The van der Waals surface area contributed by atoms with Gasteiger partial charge in [-0.2, -0.15) is 0 Å². The zero-order valence-electron chi connectivity index (χ0n) is 11.7. The van der Waals surface area contributed by atoms with Gasteiger partial charge in [0.15, 0.2) is 0 Å². The van der Waals surface area contributed by atoms with Gasteiger partial charge in [0.05, 0.1) is 19.8 Å². The number of hydrogen-bond acceptors (Lipinski definition) is 4. The molecule has 0 heterocycles. The molecule has 106 valence electrons. The Kier molecular flexibility index (Phi) is 7.03. The average molecular weight is 284 g/mol. The van der Waals surface area contributed by atoms with Crippen LogP contribution in [0.15, 0.2) is 36.4 Å². The van der Waals surface area contributed by atoms with Gasteiger partial charge < -0.3 is 0 Å². The summed E-state index contributed by atoms with van der Waals surface area (Å²) in [4.78, 5) is 0. The molecule has 1 rings (SSSR count). The summed E-state index contributed by atoms with van der Waals surface area (Å²) in [5, 5.41) is 0. The van der Waals surface area contributed by atoms with Crippen molar-refractivity contribution in [3.05, 3.63) is 42.0 Å². The molecule has 1 aromatic rings. The predicted molar refractivity (Wildman–Crippen MR) is 76.9 cm³/mol. The van der Waals surface area contributed by atoms with E-state index in [9.17, 15) is 4.57 Å². The molecule has 0 fully saturated rings. The fourth-order valence-corrected chi connectivity index (χ4v) is 2.61. The van der Waals surface area contributed by atoms with Crippen LogP contribution in [0.3, 0.4) is 0 Å². The highest BCUT2D eigenvalue weighted by atomic mass is 31.2. The van der Waals surface area contributed by atoms with Crippen molar-refractivity contribution in [1.29, 1.82) is 0 Å². The number of phosphoric ester groups is 1. The Balaban J connectivity index is 2.58. The largest absolute Gasteiger partial charge is 0.475 e. The molecule has 0 unspecified atom stereocenters. The molecule has 4 nitrogen and oxygen atoms in total. The Bertz CT molecular complexity index is 432. The van der Waals surface area contributed by atoms with E-state index in [2.05, 4.69) is 0 Å². The van der Waals surface area contributed by atoms with Gasteiger partial charge in [-0.1, -0.05) is 36.4 Å². The fraction of sp³-hybridized carbons (Fsp3) is 0.429. The molecule has 5 heteroatoms. The van der Waals surface area contributed by atoms with Gasteiger partial charge in [-0.25, -0.2) is 4.57 Å². The number of hydrogen-bond donors (Lipinski definition) is 0. The first-order valence-corrected chi connectivity index (χ1v) is 7.83. The van der Waals surface area contributed by atoms with Crippen LogP contribution < -0.4 is 0 Å². The Hall–Kier alpha value is -0.930. The molecule has 0 aliphatic heterocycles. The Morgan fingerprint density at radius 1 is 1.11 bits per heavy atom. The van der Waals surface area contributed by atoms with Crippen molar-refractivity contribution >= 4 is 13.4 Å². The van der Waals surface area contributed by atoms with Crippen LogP contribution in [-0.4, -0.2) is 19.8 Å². The molecule has 0 spiro atoms. The molecule has 0 amide bonds. The lowest BCUT2D eigenvalue weighted by atomic mass is 10.1. The summed E-state index contributed by atoms with van der Waals surface area (Å²) in [6.07, 6.45) is 1.86. The van der Waals surface area contributed by atoms with Crippen LogP contribution in [0.1, 0.15) is 26.3 Å². The summed E-state index contributed by atoms with van der Waals surface area (Å²) < 4.78 is 27.4. The van der Waals surface area contributed by atoms with Gasteiger partial charge >= 0.3 is 7.82 Å². The molecule has 0 N–H and O–H groups in total. The topological polar surface area (TPSA) is 44.8 Å². The zero-order chi connectivity index (χ0) is 14.1. The summed E-state index contributed by atoms with van der Waals surface area (Å²) in [6, 6.07) is 9.93. The first kappa shape index (κ1) is 16.1.